The average molecular weight is 558 g/mol. The van der Waals surface area contributed by atoms with Gasteiger partial charge in [0.1, 0.15) is 5.75 Å². The van der Waals surface area contributed by atoms with Crippen molar-refractivity contribution in [1.29, 1.82) is 0 Å². The van der Waals surface area contributed by atoms with Crippen molar-refractivity contribution >= 4 is 52.9 Å². The number of hydrazone groups is 1. The van der Waals surface area contributed by atoms with Crippen LogP contribution in [0.1, 0.15) is 36.2 Å². The number of esters is 1. The Hall–Kier alpha value is -4.08. The molecule has 0 heterocycles. The number of halogens is 2. The number of ether oxygens (including phenoxy) is 3. The van der Waals surface area contributed by atoms with E-state index in [1.54, 1.807) is 61.5 Å². The third-order valence-corrected chi connectivity index (χ3v) is 5.64. The third kappa shape index (κ3) is 7.96. The molecule has 3 rings (SSSR count). The molecule has 0 atom stereocenters. The third-order valence-electron chi connectivity index (χ3n) is 4.82. The van der Waals surface area contributed by atoms with Crippen molar-refractivity contribution in [3.63, 3.8) is 0 Å². The van der Waals surface area contributed by atoms with Crippen LogP contribution >= 0.6 is 23.2 Å². The van der Waals surface area contributed by atoms with Crippen molar-refractivity contribution in [3.8, 4) is 17.2 Å². The molecule has 0 aromatic heterocycles. The van der Waals surface area contributed by atoms with Crippen LogP contribution in [0.5, 0.6) is 17.2 Å². The number of hydrogen-bond acceptors (Lipinski definition) is 7. The van der Waals surface area contributed by atoms with Gasteiger partial charge in [0.05, 0.1) is 40.7 Å². The first-order valence-corrected chi connectivity index (χ1v) is 12.4. The van der Waals surface area contributed by atoms with Gasteiger partial charge in [-0.25, -0.2) is 10.2 Å². The lowest BCUT2D eigenvalue weighted by Crippen LogP contribution is -2.32. The van der Waals surface area contributed by atoms with Gasteiger partial charge in [0, 0.05) is 0 Å². The van der Waals surface area contributed by atoms with Crippen molar-refractivity contribution < 1.29 is 28.6 Å². The Morgan fingerprint density at radius 3 is 2.39 bits per heavy atom. The van der Waals surface area contributed by atoms with Gasteiger partial charge in [0.2, 0.25) is 0 Å². The number of benzene rings is 3. The van der Waals surface area contributed by atoms with E-state index in [0.717, 1.165) is 6.42 Å². The minimum Gasteiger partial charge on any atom is -0.494 e. The monoisotopic (exact) mass is 557 g/mol. The molecule has 2 amide bonds. The normalized spacial score (nSPS) is 10.6. The maximum absolute atomic E-state index is 12.6. The lowest BCUT2D eigenvalue weighted by molar-refractivity contribution is -0.136. The molecule has 0 saturated carbocycles. The van der Waals surface area contributed by atoms with Gasteiger partial charge in [-0.1, -0.05) is 36.2 Å². The molecule has 0 saturated heterocycles. The maximum Gasteiger partial charge on any atom is 0.343 e. The molecular weight excluding hydrogens is 533 g/mol. The van der Waals surface area contributed by atoms with Crippen LogP contribution in [0.3, 0.4) is 0 Å². The highest BCUT2D eigenvalue weighted by Gasteiger charge is 2.16. The molecule has 11 heteroatoms. The van der Waals surface area contributed by atoms with E-state index in [-0.39, 0.29) is 21.5 Å². The number of amides is 2. The molecule has 3 aromatic carbocycles. The highest BCUT2D eigenvalue weighted by molar-refractivity contribution is 6.45. The second-order valence-corrected chi connectivity index (χ2v) is 8.44. The van der Waals surface area contributed by atoms with Gasteiger partial charge in [-0.3, -0.25) is 9.59 Å². The van der Waals surface area contributed by atoms with Crippen molar-refractivity contribution in [2.24, 2.45) is 5.10 Å². The molecule has 0 unspecified atom stereocenters. The molecule has 0 aliphatic heterocycles. The first kappa shape index (κ1) is 28.5. The number of carbonyl (C=O) groups excluding carboxylic acids is 3. The zero-order valence-corrected chi connectivity index (χ0v) is 22.1. The van der Waals surface area contributed by atoms with Crippen molar-refractivity contribution in [2.45, 2.75) is 20.3 Å². The highest BCUT2D eigenvalue weighted by atomic mass is 35.5. The molecule has 0 fully saturated rings. The molecule has 38 heavy (non-hydrogen) atoms. The fourth-order valence-electron chi connectivity index (χ4n) is 3.02. The van der Waals surface area contributed by atoms with Gasteiger partial charge in [-0.2, -0.15) is 5.10 Å². The predicted octanol–water partition coefficient (Wildman–Crippen LogP) is 5.49. The highest BCUT2D eigenvalue weighted by Crippen LogP contribution is 2.30. The standard InChI is InChI=1S/C27H25Cl2N3O6/c1-3-14-37-19-11-9-18(10-12-19)27(35)38-22-13-8-17(15-23(22)36-4-2)16-30-32-26(34)25(33)31-21-7-5-6-20(28)24(21)29/h5-13,15-16H,3-4,14H2,1-2H3,(H,31,33)(H,32,34)/b30-16-. The fourth-order valence-corrected chi connectivity index (χ4v) is 3.37. The van der Waals surface area contributed by atoms with E-state index >= 15 is 0 Å². The summed E-state index contributed by atoms with van der Waals surface area (Å²) in [7, 11) is 0. The summed E-state index contributed by atoms with van der Waals surface area (Å²) in [6.07, 6.45) is 2.19. The summed E-state index contributed by atoms with van der Waals surface area (Å²) < 4.78 is 16.6. The van der Waals surface area contributed by atoms with Crippen LogP contribution in [0, 0.1) is 0 Å². The topological polar surface area (TPSA) is 115 Å². The molecule has 0 spiro atoms. The predicted molar refractivity (Wildman–Crippen MR) is 146 cm³/mol. The summed E-state index contributed by atoms with van der Waals surface area (Å²) in [4.78, 5) is 36.8. The summed E-state index contributed by atoms with van der Waals surface area (Å²) in [5, 5.41) is 6.50. The van der Waals surface area contributed by atoms with Gasteiger partial charge in [0.15, 0.2) is 11.5 Å². The maximum atomic E-state index is 12.6. The van der Waals surface area contributed by atoms with Crippen LogP contribution in [0.25, 0.3) is 0 Å². The average Bonchev–Trinajstić information content (AvgIpc) is 2.91. The first-order valence-electron chi connectivity index (χ1n) is 11.6. The van der Waals surface area contributed by atoms with Gasteiger partial charge < -0.3 is 19.5 Å². The molecule has 0 aliphatic rings. The van der Waals surface area contributed by atoms with Crippen molar-refractivity contribution in [3.05, 3.63) is 81.8 Å². The summed E-state index contributed by atoms with van der Waals surface area (Å²) in [5.74, 6) is -1.38. The van der Waals surface area contributed by atoms with Crippen LogP contribution in [0.15, 0.2) is 65.8 Å². The van der Waals surface area contributed by atoms with Crippen LogP contribution in [0.2, 0.25) is 10.0 Å². The lowest BCUT2D eigenvalue weighted by atomic mass is 10.2. The largest absolute Gasteiger partial charge is 0.494 e. The second kappa shape index (κ2) is 14.0. The van der Waals surface area contributed by atoms with E-state index in [1.807, 2.05) is 6.92 Å². The van der Waals surface area contributed by atoms with E-state index in [0.29, 0.717) is 35.8 Å². The molecule has 9 nitrogen and oxygen atoms in total. The Kier molecular flexibility index (Phi) is 10.5. The van der Waals surface area contributed by atoms with Crippen LogP contribution in [-0.2, 0) is 9.59 Å². The minimum atomic E-state index is -1.01. The van der Waals surface area contributed by atoms with E-state index in [4.69, 9.17) is 37.4 Å². The quantitative estimate of drug-likeness (QED) is 0.112. The Bertz CT molecular complexity index is 1330. The fraction of sp³-hybridized carbons (Fsp3) is 0.185. The molecule has 198 valence electrons. The first-order chi connectivity index (χ1) is 18.3. The van der Waals surface area contributed by atoms with Crippen molar-refractivity contribution in [1.82, 2.24) is 5.43 Å². The lowest BCUT2D eigenvalue weighted by Gasteiger charge is -2.12. The number of rotatable bonds is 10. The van der Waals surface area contributed by atoms with Crippen LogP contribution in [-0.4, -0.2) is 37.2 Å². The Morgan fingerprint density at radius 1 is 0.921 bits per heavy atom. The second-order valence-electron chi connectivity index (χ2n) is 7.66. The van der Waals surface area contributed by atoms with Gasteiger partial charge in [-0.15, -0.1) is 0 Å². The summed E-state index contributed by atoms with van der Waals surface area (Å²) in [5.41, 5.74) is 3.19. The zero-order chi connectivity index (χ0) is 27.5. The van der Waals surface area contributed by atoms with E-state index in [1.165, 1.54) is 12.3 Å². The Morgan fingerprint density at radius 2 is 1.68 bits per heavy atom. The Labute approximate surface area is 229 Å². The number of carbonyl (C=O) groups is 3. The van der Waals surface area contributed by atoms with Gasteiger partial charge in [0.25, 0.3) is 0 Å². The molecular formula is C27H25Cl2N3O6. The summed E-state index contributed by atoms with van der Waals surface area (Å²) in [6.45, 7) is 4.70. The van der Waals surface area contributed by atoms with Crippen LogP contribution in [0.4, 0.5) is 5.69 Å². The van der Waals surface area contributed by atoms with Crippen LogP contribution < -0.4 is 25.0 Å². The zero-order valence-electron chi connectivity index (χ0n) is 20.6. The van der Waals surface area contributed by atoms with E-state index in [9.17, 15) is 14.4 Å². The minimum absolute atomic E-state index is 0.112. The molecule has 0 bridgehead atoms. The number of nitrogens with zero attached hydrogens (tertiary/aromatic N) is 1. The summed E-state index contributed by atoms with van der Waals surface area (Å²) in [6, 6.07) is 16.0. The van der Waals surface area contributed by atoms with Crippen molar-refractivity contribution in [2.75, 3.05) is 18.5 Å². The molecule has 0 aliphatic carbocycles. The van der Waals surface area contributed by atoms with E-state index in [2.05, 4.69) is 15.8 Å². The number of anilines is 1. The number of nitrogens with one attached hydrogen (secondary N) is 2. The Balaban J connectivity index is 1.62. The molecule has 0 radical (unpaired) electrons. The van der Waals surface area contributed by atoms with Gasteiger partial charge >= 0.3 is 17.8 Å². The molecule has 2 N–H and O–H groups in total. The summed E-state index contributed by atoms with van der Waals surface area (Å²) >= 11 is 11.9. The SMILES string of the molecule is CCCOc1ccc(C(=O)Oc2ccc(/C=N\NC(=O)C(=O)Nc3cccc(Cl)c3Cl)cc2OCC)cc1. The smallest absolute Gasteiger partial charge is 0.343 e. The number of hydrogen-bond donors (Lipinski definition) is 2. The van der Waals surface area contributed by atoms with E-state index < -0.39 is 17.8 Å². The molecule has 3 aromatic rings. The van der Waals surface area contributed by atoms with Gasteiger partial charge in [-0.05, 0) is 73.5 Å².